The van der Waals surface area contributed by atoms with Crippen LogP contribution in [0.2, 0.25) is 0 Å². The molecular formula is C15H24N2O8S. The van der Waals surface area contributed by atoms with Gasteiger partial charge in [0.25, 0.3) is 21.9 Å². The van der Waals surface area contributed by atoms with E-state index in [4.69, 9.17) is 4.55 Å². The van der Waals surface area contributed by atoms with Crippen LogP contribution < -0.4 is 5.32 Å². The van der Waals surface area contributed by atoms with E-state index in [9.17, 15) is 27.6 Å². The molecule has 1 atom stereocenters. The van der Waals surface area contributed by atoms with Gasteiger partial charge in [-0.05, 0) is 12.8 Å². The second kappa shape index (κ2) is 10.2. The first-order valence-electron chi connectivity index (χ1n) is 8.47. The van der Waals surface area contributed by atoms with Crippen LogP contribution in [0.3, 0.4) is 0 Å². The normalized spacial score (nSPS) is 17.5. The number of nitrogens with one attached hydrogen (secondary N) is 1. The lowest BCUT2D eigenvalue weighted by Crippen LogP contribution is -2.36. The monoisotopic (exact) mass is 392 g/mol. The first-order valence-corrected chi connectivity index (χ1v) is 9.97. The molecule has 0 radical (unpaired) electrons. The summed E-state index contributed by atoms with van der Waals surface area (Å²) in [6, 6.07) is 0. The molecule has 10 nitrogen and oxygen atoms in total. The predicted octanol–water partition coefficient (Wildman–Crippen LogP) is 0.327. The molecule has 0 aromatic carbocycles. The molecule has 0 saturated carbocycles. The first-order chi connectivity index (χ1) is 12.2. The highest BCUT2D eigenvalue weighted by molar-refractivity contribution is 7.87. The molecule has 1 heterocycles. The lowest BCUT2D eigenvalue weighted by molar-refractivity contribution is -0.197. The molecule has 11 heteroatoms. The molecule has 0 spiro atoms. The van der Waals surface area contributed by atoms with Gasteiger partial charge in [0.05, 0.1) is 6.42 Å². The number of nitrogens with zero attached hydrogens (tertiary/aromatic N) is 1. The van der Waals surface area contributed by atoms with Crippen LogP contribution in [0, 0.1) is 0 Å². The number of unbranched alkanes of at least 4 members (excludes halogenated alkanes) is 3. The molecule has 1 aliphatic heterocycles. The van der Waals surface area contributed by atoms with E-state index in [0.717, 1.165) is 25.7 Å². The molecule has 1 fully saturated rings. The zero-order valence-corrected chi connectivity index (χ0v) is 15.4. The van der Waals surface area contributed by atoms with Crippen molar-refractivity contribution in [2.45, 2.75) is 63.5 Å². The van der Waals surface area contributed by atoms with Gasteiger partial charge in [-0.15, -0.1) is 5.06 Å². The quantitative estimate of drug-likeness (QED) is 0.290. The molecular weight excluding hydrogens is 368 g/mol. The van der Waals surface area contributed by atoms with Gasteiger partial charge < -0.3 is 10.2 Å². The summed E-state index contributed by atoms with van der Waals surface area (Å²) in [6.45, 7) is 2.65. The van der Waals surface area contributed by atoms with Gasteiger partial charge in [-0.25, -0.2) is 4.79 Å². The van der Waals surface area contributed by atoms with Crippen LogP contribution in [0.1, 0.15) is 58.3 Å². The average molecular weight is 392 g/mol. The Bertz CT molecular complexity index is 646. The number of amides is 3. The van der Waals surface area contributed by atoms with Crippen LogP contribution in [0.4, 0.5) is 0 Å². The fourth-order valence-corrected chi connectivity index (χ4v) is 3.02. The summed E-state index contributed by atoms with van der Waals surface area (Å²) in [5, 5.41) is 0.814. The Morgan fingerprint density at radius 2 is 1.88 bits per heavy atom. The Labute approximate surface area is 151 Å². The maximum absolute atomic E-state index is 11.7. The van der Waals surface area contributed by atoms with E-state index in [1.54, 1.807) is 0 Å². The van der Waals surface area contributed by atoms with Crippen molar-refractivity contribution in [1.29, 1.82) is 0 Å². The van der Waals surface area contributed by atoms with Crippen molar-refractivity contribution >= 4 is 33.8 Å². The van der Waals surface area contributed by atoms with E-state index in [-0.39, 0.29) is 30.2 Å². The van der Waals surface area contributed by atoms with E-state index >= 15 is 0 Å². The van der Waals surface area contributed by atoms with E-state index in [2.05, 4.69) is 17.1 Å². The van der Waals surface area contributed by atoms with Crippen LogP contribution in [0.25, 0.3) is 0 Å². The third-order valence-electron chi connectivity index (χ3n) is 3.75. The molecule has 1 aliphatic rings. The third kappa shape index (κ3) is 7.08. The van der Waals surface area contributed by atoms with Gasteiger partial charge in [0.1, 0.15) is 0 Å². The molecule has 148 valence electrons. The van der Waals surface area contributed by atoms with Crippen molar-refractivity contribution in [1.82, 2.24) is 10.4 Å². The van der Waals surface area contributed by atoms with E-state index in [1.807, 2.05) is 0 Å². The SMILES string of the molecule is CCCCCCNC(=O)CCCC(=O)ON1C(=O)CC(S(=O)(=O)O)C1=O. The van der Waals surface area contributed by atoms with Crippen molar-refractivity contribution in [3.8, 4) is 0 Å². The predicted molar refractivity (Wildman–Crippen MR) is 88.9 cm³/mol. The highest BCUT2D eigenvalue weighted by atomic mass is 32.2. The first kappa shape index (κ1) is 22.0. The number of hydroxylamine groups is 2. The summed E-state index contributed by atoms with van der Waals surface area (Å²) in [5.41, 5.74) is 0. The van der Waals surface area contributed by atoms with Crippen molar-refractivity contribution in [3.63, 3.8) is 0 Å². The minimum atomic E-state index is -4.75. The highest BCUT2D eigenvalue weighted by Gasteiger charge is 2.48. The number of rotatable bonds is 11. The van der Waals surface area contributed by atoms with Gasteiger partial charge in [0.15, 0.2) is 5.25 Å². The minimum absolute atomic E-state index is 0.0502. The van der Waals surface area contributed by atoms with E-state index in [0.29, 0.717) is 6.54 Å². The Balaban J connectivity index is 2.29. The number of hydrogen-bond acceptors (Lipinski definition) is 7. The summed E-state index contributed by atoms with van der Waals surface area (Å²) < 4.78 is 30.8. The maximum atomic E-state index is 11.7. The molecule has 2 N–H and O–H groups in total. The minimum Gasteiger partial charge on any atom is -0.356 e. The Hall–Kier alpha value is -2.01. The van der Waals surface area contributed by atoms with Crippen molar-refractivity contribution in [2.75, 3.05) is 6.54 Å². The summed E-state index contributed by atoms with van der Waals surface area (Å²) >= 11 is 0. The molecule has 26 heavy (non-hydrogen) atoms. The number of carbonyl (C=O) groups is 4. The standard InChI is InChI=1S/C15H24N2O8S/c1-2-3-4-5-9-16-12(18)7-6-8-14(20)25-17-13(19)10-11(15(17)21)26(22,23)24/h11H,2-10H2,1H3,(H,16,18)(H,22,23,24). The van der Waals surface area contributed by atoms with Crippen LogP contribution in [-0.2, 0) is 34.1 Å². The topological polar surface area (TPSA) is 147 Å². The second-order valence-electron chi connectivity index (χ2n) is 5.96. The molecule has 1 unspecified atom stereocenters. The zero-order chi connectivity index (χ0) is 19.7. The smallest absolute Gasteiger partial charge is 0.333 e. The molecule has 0 aromatic heterocycles. The van der Waals surface area contributed by atoms with Crippen LogP contribution >= 0.6 is 0 Å². The fraction of sp³-hybridized carbons (Fsp3) is 0.733. The summed E-state index contributed by atoms with van der Waals surface area (Å²) in [7, 11) is -4.75. The summed E-state index contributed by atoms with van der Waals surface area (Å²) in [4.78, 5) is 51.0. The Morgan fingerprint density at radius 3 is 2.46 bits per heavy atom. The Kier molecular flexibility index (Phi) is 8.66. The molecule has 3 amide bonds. The number of carbonyl (C=O) groups excluding carboxylic acids is 4. The molecule has 0 aliphatic carbocycles. The average Bonchev–Trinajstić information content (AvgIpc) is 2.83. The van der Waals surface area contributed by atoms with Gasteiger partial charge in [0.2, 0.25) is 5.91 Å². The second-order valence-corrected chi connectivity index (χ2v) is 7.56. The molecule has 1 rings (SSSR count). The van der Waals surface area contributed by atoms with E-state index < -0.39 is 39.6 Å². The Morgan fingerprint density at radius 1 is 1.19 bits per heavy atom. The van der Waals surface area contributed by atoms with Crippen molar-refractivity contribution < 1.29 is 37.0 Å². The van der Waals surface area contributed by atoms with Crippen LogP contribution in [-0.4, -0.2) is 53.5 Å². The molecule has 0 aromatic rings. The largest absolute Gasteiger partial charge is 0.356 e. The lowest BCUT2D eigenvalue weighted by atomic mass is 10.2. The number of hydrogen-bond donors (Lipinski definition) is 2. The maximum Gasteiger partial charge on any atom is 0.333 e. The van der Waals surface area contributed by atoms with Crippen molar-refractivity contribution in [3.05, 3.63) is 0 Å². The summed E-state index contributed by atoms with van der Waals surface area (Å²) in [5.74, 6) is -3.50. The van der Waals surface area contributed by atoms with Gasteiger partial charge in [0, 0.05) is 19.4 Å². The zero-order valence-electron chi connectivity index (χ0n) is 14.6. The molecule has 0 bridgehead atoms. The van der Waals surface area contributed by atoms with E-state index in [1.165, 1.54) is 0 Å². The van der Waals surface area contributed by atoms with Gasteiger partial charge >= 0.3 is 5.97 Å². The van der Waals surface area contributed by atoms with Crippen LogP contribution in [0.15, 0.2) is 0 Å². The highest BCUT2D eigenvalue weighted by Crippen LogP contribution is 2.20. The van der Waals surface area contributed by atoms with Crippen molar-refractivity contribution in [2.24, 2.45) is 0 Å². The lowest BCUT2D eigenvalue weighted by Gasteiger charge is -2.13. The van der Waals surface area contributed by atoms with Crippen LogP contribution in [0.5, 0.6) is 0 Å². The number of imide groups is 1. The van der Waals surface area contributed by atoms with Gasteiger partial charge in [-0.1, -0.05) is 26.2 Å². The fourth-order valence-electron chi connectivity index (χ4n) is 2.32. The third-order valence-corrected chi connectivity index (χ3v) is 4.84. The van der Waals surface area contributed by atoms with Gasteiger partial charge in [-0.3, -0.25) is 18.9 Å². The summed E-state index contributed by atoms with van der Waals surface area (Å²) in [6.07, 6.45) is 3.34. The molecule has 1 saturated heterocycles. The van der Waals surface area contributed by atoms with Gasteiger partial charge in [-0.2, -0.15) is 8.42 Å².